The molecule has 0 aliphatic rings. The number of nitrogens with one attached hydrogen (secondary N) is 1. The van der Waals surface area contributed by atoms with Gasteiger partial charge in [-0.1, -0.05) is 12.1 Å². The molecule has 0 bridgehead atoms. The minimum absolute atomic E-state index is 0.0997. The number of para-hydroxylation sites is 1. The highest BCUT2D eigenvalue weighted by Gasteiger charge is 2.07. The van der Waals surface area contributed by atoms with Crippen LogP contribution >= 0.6 is 15.9 Å². The SMILES string of the molecule is CCOc1cc(CNc2c(F)cccc2Br)ccc1O. The molecule has 0 saturated carbocycles. The van der Waals surface area contributed by atoms with Gasteiger partial charge in [-0.3, -0.25) is 0 Å². The molecule has 20 heavy (non-hydrogen) atoms. The summed E-state index contributed by atoms with van der Waals surface area (Å²) in [4.78, 5) is 0. The Kier molecular flexibility index (Phi) is 4.84. The highest BCUT2D eigenvalue weighted by atomic mass is 79.9. The summed E-state index contributed by atoms with van der Waals surface area (Å²) in [6.07, 6.45) is 0. The highest BCUT2D eigenvalue weighted by molar-refractivity contribution is 9.10. The molecule has 0 unspecified atom stereocenters. The molecule has 0 aromatic heterocycles. The fraction of sp³-hybridized carbons (Fsp3) is 0.200. The molecular formula is C15H15BrFNO2. The van der Waals surface area contributed by atoms with Gasteiger partial charge in [0.05, 0.1) is 12.3 Å². The molecule has 106 valence electrons. The standard InChI is InChI=1S/C15H15BrFNO2/c1-2-20-14-8-10(6-7-13(14)19)9-18-15-11(16)4-3-5-12(15)17/h3-8,18-19H,2,9H2,1H3. The quantitative estimate of drug-likeness (QED) is 0.853. The van der Waals surface area contributed by atoms with Crippen LogP contribution < -0.4 is 10.1 Å². The normalized spacial score (nSPS) is 10.3. The summed E-state index contributed by atoms with van der Waals surface area (Å²) in [6, 6.07) is 9.88. The van der Waals surface area contributed by atoms with Crippen molar-refractivity contribution in [3.8, 4) is 11.5 Å². The molecule has 5 heteroatoms. The van der Waals surface area contributed by atoms with Crippen LogP contribution in [0.4, 0.5) is 10.1 Å². The molecule has 0 spiro atoms. The first-order chi connectivity index (χ1) is 9.61. The predicted molar refractivity (Wildman–Crippen MR) is 80.7 cm³/mol. The summed E-state index contributed by atoms with van der Waals surface area (Å²) in [5.74, 6) is 0.213. The fourth-order valence-corrected chi connectivity index (χ4v) is 2.28. The zero-order valence-corrected chi connectivity index (χ0v) is 12.6. The average Bonchev–Trinajstić information content (AvgIpc) is 2.42. The Hall–Kier alpha value is -1.75. The number of halogens is 2. The van der Waals surface area contributed by atoms with Crippen LogP contribution in [-0.2, 0) is 6.54 Å². The van der Waals surface area contributed by atoms with E-state index >= 15 is 0 Å². The maximum atomic E-state index is 13.7. The Bertz CT molecular complexity index is 584. The molecule has 2 rings (SSSR count). The number of phenols is 1. The first-order valence-corrected chi connectivity index (χ1v) is 7.03. The molecule has 0 aliphatic heterocycles. The van der Waals surface area contributed by atoms with Gasteiger partial charge in [0.15, 0.2) is 11.5 Å². The van der Waals surface area contributed by atoms with Crippen LogP contribution in [0.5, 0.6) is 11.5 Å². The Morgan fingerprint density at radius 1 is 1.30 bits per heavy atom. The van der Waals surface area contributed by atoms with E-state index in [1.54, 1.807) is 30.3 Å². The molecule has 0 amide bonds. The number of benzene rings is 2. The number of phenolic OH excluding ortho intramolecular Hbond substituents is 1. The van der Waals surface area contributed by atoms with Crippen molar-refractivity contribution < 1.29 is 14.2 Å². The van der Waals surface area contributed by atoms with Gasteiger partial charge in [-0.25, -0.2) is 4.39 Å². The van der Waals surface area contributed by atoms with Crippen molar-refractivity contribution in [2.45, 2.75) is 13.5 Å². The van der Waals surface area contributed by atoms with Crippen LogP contribution in [-0.4, -0.2) is 11.7 Å². The van der Waals surface area contributed by atoms with E-state index in [-0.39, 0.29) is 11.6 Å². The maximum Gasteiger partial charge on any atom is 0.161 e. The average molecular weight is 340 g/mol. The van der Waals surface area contributed by atoms with Crippen LogP contribution in [0.25, 0.3) is 0 Å². The summed E-state index contributed by atoms with van der Waals surface area (Å²) in [6.45, 7) is 2.75. The molecular weight excluding hydrogens is 325 g/mol. The summed E-state index contributed by atoms with van der Waals surface area (Å²) in [5, 5.41) is 12.7. The summed E-state index contributed by atoms with van der Waals surface area (Å²) >= 11 is 3.30. The number of aromatic hydroxyl groups is 1. The van der Waals surface area contributed by atoms with Gasteiger partial charge >= 0.3 is 0 Å². The van der Waals surface area contributed by atoms with Crippen molar-refractivity contribution in [2.75, 3.05) is 11.9 Å². The second-order valence-corrected chi connectivity index (χ2v) is 5.04. The van der Waals surface area contributed by atoms with Crippen molar-refractivity contribution >= 4 is 21.6 Å². The molecule has 2 aromatic carbocycles. The highest BCUT2D eigenvalue weighted by Crippen LogP contribution is 2.29. The van der Waals surface area contributed by atoms with Crippen molar-refractivity contribution in [1.29, 1.82) is 0 Å². The van der Waals surface area contributed by atoms with Gasteiger partial charge in [0.25, 0.3) is 0 Å². The van der Waals surface area contributed by atoms with Gasteiger partial charge < -0.3 is 15.2 Å². The van der Waals surface area contributed by atoms with E-state index in [1.165, 1.54) is 6.07 Å². The smallest absolute Gasteiger partial charge is 0.161 e. The predicted octanol–water partition coefficient (Wildman–Crippen LogP) is 4.30. The Morgan fingerprint density at radius 2 is 2.10 bits per heavy atom. The summed E-state index contributed by atoms with van der Waals surface area (Å²) in [7, 11) is 0. The largest absolute Gasteiger partial charge is 0.504 e. The molecule has 2 N–H and O–H groups in total. The number of ether oxygens (including phenoxy) is 1. The molecule has 0 radical (unpaired) electrons. The lowest BCUT2D eigenvalue weighted by molar-refractivity contribution is 0.318. The van der Waals surface area contributed by atoms with Gasteiger partial charge in [-0.15, -0.1) is 0 Å². The van der Waals surface area contributed by atoms with Crippen LogP contribution in [0.1, 0.15) is 12.5 Å². The van der Waals surface area contributed by atoms with Gasteiger partial charge in [-0.2, -0.15) is 0 Å². The van der Waals surface area contributed by atoms with E-state index < -0.39 is 0 Å². The topological polar surface area (TPSA) is 41.5 Å². The van der Waals surface area contributed by atoms with Gasteiger partial charge in [0.1, 0.15) is 5.82 Å². The Balaban J connectivity index is 2.13. The number of hydrogen-bond donors (Lipinski definition) is 2. The first-order valence-electron chi connectivity index (χ1n) is 6.24. The molecule has 0 atom stereocenters. The molecule has 0 saturated heterocycles. The van der Waals surface area contributed by atoms with Crippen molar-refractivity contribution in [3.63, 3.8) is 0 Å². The molecule has 2 aromatic rings. The van der Waals surface area contributed by atoms with Crippen LogP contribution in [0.2, 0.25) is 0 Å². The van der Waals surface area contributed by atoms with E-state index in [9.17, 15) is 9.50 Å². The summed E-state index contributed by atoms with van der Waals surface area (Å²) in [5.41, 5.74) is 1.31. The monoisotopic (exact) mass is 339 g/mol. The first kappa shape index (κ1) is 14.7. The van der Waals surface area contributed by atoms with E-state index in [0.717, 1.165) is 5.56 Å². The zero-order chi connectivity index (χ0) is 14.5. The van der Waals surface area contributed by atoms with E-state index in [0.29, 0.717) is 29.1 Å². The summed E-state index contributed by atoms with van der Waals surface area (Å²) < 4.78 is 19.6. The third kappa shape index (κ3) is 3.42. The second-order valence-electron chi connectivity index (χ2n) is 4.19. The van der Waals surface area contributed by atoms with Crippen LogP contribution in [0.15, 0.2) is 40.9 Å². The number of hydrogen-bond acceptors (Lipinski definition) is 3. The number of anilines is 1. The maximum absolute atomic E-state index is 13.7. The van der Waals surface area contributed by atoms with E-state index in [2.05, 4.69) is 21.2 Å². The lowest BCUT2D eigenvalue weighted by Gasteiger charge is -2.11. The van der Waals surface area contributed by atoms with Gasteiger partial charge in [-0.05, 0) is 52.7 Å². The molecule has 0 fully saturated rings. The van der Waals surface area contributed by atoms with Crippen LogP contribution in [0, 0.1) is 5.82 Å². The minimum Gasteiger partial charge on any atom is -0.504 e. The van der Waals surface area contributed by atoms with E-state index in [1.807, 2.05) is 6.92 Å². The zero-order valence-electron chi connectivity index (χ0n) is 11.0. The lowest BCUT2D eigenvalue weighted by atomic mass is 10.2. The molecule has 0 aliphatic carbocycles. The second kappa shape index (κ2) is 6.61. The van der Waals surface area contributed by atoms with Gasteiger partial charge in [0, 0.05) is 11.0 Å². The minimum atomic E-state index is -0.316. The third-order valence-electron chi connectivity index (χ3n) is 2.76. The Morgan fingerprint density at radius 3 is 2.80 bits per heavy atom. The Labute approximate surface area is 125 Å². The van der Waals surface area contributed by atoms with Crippen molar-refractivity contribution in [2.24, 2.45) is 0 Å². The number of rotatable bonds is 5. The third-order valence-corrected chi connectivity index (χ3v) is 3.42. The van der Waals surface area contributed by atoms with Crippen LogP contribution in [0.3, 0.4) is 0 Å². The fourth-order valence-electron chi connectivity index (χ4n) is 1.80. The van der Waals surface area contributed by atoms with Gasteiger partial charge in [0.2, 0.25) is 0 Å². The lowest BCUT2D eigenvalue weighted by Crippen LogP contribution is -2.03. The van der Waals surface area contributed by atoms with Crippen molar-refractivity contribution in [1.82, 2.24) is 0 Å². The van der Waals surface area contributed by atoms with E-state index in [4.69, 9.17) is 4.74 Å². The molecule has 3 nitrogen and oxygen atoms in total. The molecule has 0 heterocycles. The van der Waals surface area contributed by atoms with Crippen molar-refractivity contribution in [3.05, 3.63) is 52.3 Å².